The highest BCUT2D eigenvalue weighted by Gasteiger charge is 2.03. The number of benzene rings is 1. The summed E-state index contributed by atoms with van der Waals surface area (Å²) in [6.07, 6.45) is 1.64. The van der Waals surface area contributed by atoms with Crippen LogP contribution in [0, 0.1) is 0 Å². The van der Waals surface area contributed by atoms with Crippen molar-refractivity contribution in [3.05, 3.63) is 57.2 Å². The third-order valence-electron chi connectivity index (χ3n) is 2.91. The van der Waals surface area contributed by atoms with Crippen molar-refractivity contribution >= 4 is 33.3 Å². The minimum Gasteiger partial charge on any atom is -0.365 e. The highest BCUT2D eigenvalue weighted by Crippen LogP contribution is 2.23. The monoisotopic (exact) mass is 338 g/mol. The Labute approximate surface area is 127 Å². The van der Waals surface area contributed by atoms with Gasteiger partial charge in [-0.1, -0.05) is 49.7 Å². The number of nitrogens with zero attached hydrogens (tertiary/aromatic N) is 1. The van der Waals surface area contributed by atoms with Crippen LogP contribution in [0.25, 0.3) is 0 Å². The molecule has 0 bridgehead atoms. The van der Waals surface area contributed by atoms with E-state index in [-0.39, 0.29) is 0 Å². The summed E-state index contributed by atoms with van der Waals surface area (Å²) < 4.78 is 0.874. The molecule has 2 rings (SSSR count). The number of pyridine rings is 1. The Morgan fingerprint density at radius 1 is 1.26 bits per heavy atom. The van der Waals surface area contributed by atoms with Gasteiger partial charge in [0.15, 0.2) is 0 Å². The second-order valence-electron chi connectivity index (χ2n) is 4.73. The van der Waals surface area contributed by atoms with E-state index in [2.05, 4.69) is 64.3 Å². The summed E-state index contributed by atoms with van der Waals surface area (Å²) in [5.74, 6) is 1.37. The average Bonchev–Trinajstić information content (AvgIpc) is 2.38. The van der Waals surface area contributed by atoms with Crippen LogP contribution in [0.3, 0.4) is 0 Å². The van der Waals surface area contributed by atoms with Gasteiger partial charge in [-0.3, -0.25) is 0 Å². The van der Waals surface area contributed by atoms with Gasteiger partial charge in [-0.25, -0.2) is 4.98 Å². The van der Waals surface area contributed by atoms with Crippen LogP contribution < -0.4 is 5.32 Å². The van der Waals surface area contributed by atoms with Crippen LogP contribution >= 0.6 is 27.5 Å². The molecule has 0 unspecified atom stereocenters. The van der Waals surface area contributed by atoms with E-state index in [9.17, 15) is 0 Å². The number of hydrogen-bond donors (Lipinski definition) is 1. The first-order valence-electron chi connectivity index (χ1n) is 6.20. The summed E-state index contributed by atoms with van der Waals surface area (Å²) in [4.78, 5) is 4.25. The first-order chi connectivity index (χ1) is 9.06. The van der Waals surface area contributed by atoms with E-state index < -0.39 is 0 Å². The fourth-order valence-electron chi connectivity index (χ4n) is 1.75. The molecule has 0 aliphatic carbocycles. The van der Waals surface area contributed by atoms with Crippen molar-refractivity contribution in [2.45, 2.75) is 26.3 Å². The predicted molar refractivity (Wildman–Crippen MR) is 84.8 cm³/mol. The van der Waals surface area contributed by atoms with Gasteiger partial charge in [-0.05, 0) is 39.0 Å². The number of anilines is 1. The molecule has 0 aliphatic rings. The molecule has 1 N–H and O–H groups in total. The summed E-state index contributed by atoms with van der Waals surface area (Å²) in [7, 11) is 0. The van der Waals surface area contributed by atoms with E-state index in [1.54, 1.807) is 6.20 Å². The quantitative estimate of drug-likeness (QED) is 0.824. The topological polar surface area (TPSA) is 24.9 Å². The number of hydrogen-bond acceptors (Lipinski definition) is 2. The smallest absolute Gasteiger partial charge is 0.140 e. The maximum atomic E-state index is 5.86. The van der Waals surface area contributed by atoms with Crippen molar-refractivity contribution in [2.24, 2.45) is 0 Å². The minimum absolute atomic E-state index is 0.564. The van der Waals surface area contributed by atoms with Crippen molar-refractivity contribution in [2.75, 3.05) is 5.32 Å². The summed E-state index contributed by atoms with van der Waals surface area (Å²) in [5, 5.41) is 3.91. The van der Waals surface area contributed by atoms with Gasteiger partial charge in [0, 0.05) is 12.7 Å². The molecule has 0 aliphatic heterocycles. The van der Waals surface area contributed by atoms with Gasteiger partial charge in [-0.2, -0.15) is 0 Å². The molecular weight excluding hydrogens is 324 g/mol. The molecule has 1 aromatic carbocycles. The molecule has 0 amide bonds. The summed E-state index contributed by atoms with van der Waals surface area (Å²) in [6, 6.07) is 10.5. The molecule has 19 heavy (non-hydrogen) atoms. The second-order valence-corrected chi connectivity index (χ2v) is 6.02. The van der Waals surface area contributed by atoms with Crippen molar-refractivity contribution in [1.29, 1.82) is 0 Å². The van der Waals surface area contributed by atoms with Crippen LogP contribution in [-0.2, 0) is 6.54 Å². The van der Waals surface area contributed by atoms with Gasteiger partial charge < -0.3 is 5.32 Å². The van der Waals surface area contributed by atoms with Crippen LogP contribution in [0.5, 0.6) is 0 Å². The molecule has 0 saturated heterocycles. The van der Waals surface area contributed by atoms with Crippen molar-refractivity contribution in [3.8, 4) is 0 Å². The maximum absolute atomic E-state index is 5.86. The average molecular weight is 340 g/mol. The Morgan fingerprint density at radius 3 is 2.53 bits per heavy atom. The molecule has 100 valence electrons. The summed E-state index contributed by atoms with van der Waals surface area (Å²) >= 11 is 9.30. The van der Waals surface area contributed by atoms with E-state index >= 15 is 0 Å². The van der Waals surface area contributed by atoms with Crippen LogP contribution in [0.2, 0.25) is 5.02 Å². The van der Waals surface area contributed by atoms with Gasteiger partial charge in [0.05, 0.1) is 9.50 Å². The third-order valence-corrected chi connectivity index (χ3v) is 3.73. The molecule has 1 aromatic heterocycles. The van der Waals surface area contributed by atoms with Gasteiger partial charge in [-0.15, -0.1) is 0 Å². The Balaban J connectivity index is 2.02. The number of nitrogens with one attached hydrogen (secondary N) is 1. The van der Waals surface area contributed by atoms with Gasteiger partial charge in [0.2, 0.25) is 0 Å². The van der Waals surface area contributed by atoms with E-state index in [0.717, 1.165) is 16.8 Å². The van der Waals surface area contributed by atoms with Crippen LogP contribution in [0.4, 0.5) is 5.82 Å². The zero-order chi connectivity index (χ0) is 13.8. The molecule has 0 radical (unpaired) electrons. The number of rotatable bonds is 4. The highest BCUT2D eigenvalue weighted by molar-refractivity contribution is 9.10. The van der Waals surface area contributed by atoms with E-state index in [4.69, 9.17) is 11.6 Å². The fourth-order valence-corrected chi connectivity index (χ4v) is 2.53. The number of aromatic nitrogens is 1. The molecule has 0 fully saturated rings. The lowest BCUT2D eigenvalue weighted by molar-refractivity contribution is 0.865. The first-order valence-corrected chi connectivity index (χ1v) is 7.37. The lowest BCUT2D eigenvalue weighted by Crippen LogP contribution is -2.02. The van der Waals surface area contributed by atoms with Gasteiger partial charge in [0.1, 0.15) is 5.82 Å². The predicted octanol–water partition coefficient (Wildman–Crippen LogP) is 5.23. The molecule has 2 aromatic rings. The first kappa shape index (κ1) is 14.4. The normalized spacial score (nSPS) is 10.8. The van der Waals surface area contributed by atoms with E-state index in [1.165, 1.54) is 11.1 Å². The van der Waals surface area contributed by atoms with E-state index in [1.807, 2.05) is 6.07 Å². The molecule has 4 heteroatoms. The second kappa shape index (κ2) is 6.40. The number of halogens is 2. The Hall–Kier alpha value is -1.06. The maximum Gasteiger partial charge on any atom is 0.140 e. The zero-order valence-corrected chi connectivity index (χ0v) is 13.3. The molecule has 1 heterocycles. The van der Waals surface area contributed by atoms with E-state index in [0.29, 0.717) is 10.9 Å². The minimum atomic E-state index is 0.564. The van der Waals surface area contributed by atoms with Crippen molar-refractivity contribution < 1.29 is 0 Å². The fraction of sp³-hybridized carbons (Fsp3) is 0.267. The lowest BCUT2D eigenvalue weighted by atomic mass is 10.0. The molecule has 0 atom stereocenters. The van der Waals surface area contributed by atoms with Gasteiger partial charge >= 0.3 is 0 Å². The SMILES string of the molecule is CC(C)c1ccc(CNc2ncc(Cl)cc2Br)cc1. The third kappa shape index (κ3) is 3.95. The zero-order valence-electron chi connectivity index (χ0n) is 11.0. The molecular formula is C15H16BrClN2. The highest BCUT2D eigenvalue weighted by atomic mass is 79.9. The summed E-state index contributed by atoms with van der Waals surface area (Å²) in [6.45, 7) is 5.13. The largest absolute Gasteiger partial charge is 0.365 e. The Bertz CT molecular complexity index is 553. The van der Waals surface area contributed by atoms with Crippen molar-refractivity contribution in [1.82, 2.24) is 4.98 Å². The molecule has 0 spiro atoms. The summed E-state index contributed by atoms with van der Waals surface area (Å²) in [5.41, 5.74) is 2.59. The molecule has 2 nitrogen and oxygen atoms in total. The van der Waals surface area contributed by atoms with Crippen LogP contribution in [0.15, 0.2) is 41.0 Å². The Kier molecular flexibility index (Phi) is 4.83. The molecule has 0 saturated carbocycles. The van der Waals surface area contributed by atoms with Crippen LogP contribution in [-0.4, -0.2) is 4.98 Å². The van der Waals surface area contributed by atoms with Gasteiger partial charge in [0.25, 0.3) is 0 Å². The van der Waals surface area contributed by atoms with Crippen molar-refractivity contribution in [3.63, 3.8) is 0 Å². The van der Waals surface area contributed by atoms with Crippen LogP contribution in [0.1, 0.15) is 30.9 Å². The standard InChI is InChI=1S/C15H16BrClN2/c1-10(2)12-5-3-11(4-6-12)8-18-15-14(16)7-13(17)9-19-15/h3-7,9-10H,8H2,1-2H3,(H,18,19). The Morgan fingerprint density at radius 2 is 1.95 bits per heavy atom. The lowest BCUT2D eigenvalue weighted by Gasteiger charge is -2.09.